The molecule has 0 unspecified atom stereocenters. The highest BCUT2D eigenvalue weighted by molar-refractivity contribution is 6.30. The Kier molecular flexibility index (Phi) is 3.97. The van der Waals surface area contributed by atoms with Gasteiger partial charge in [-0.15, -0.1) is 11.6 Å². The first-order chi connectivity index (χ1) is 8.17. The molecule has 0 N–H and O–H groups in total. The summed E-state index contributed by atoms with van der Waals surface area (Å²) in [6, 6.07) is 9.61. The first-order valence-electron chi connectivity index (χ1n) is 5.31. The van der Waals surface area contributed by atoms with Crippen molar-refractivity contribution in [2.45, 2.75) is 19.2 Å². The molecule has 1 aromatic heterocycles. The molecule has 0 saturated heterocycles. The number of halogens is 2. The number of benzene rings is 1. The van der Waals surface area contributed by atoms with E-state index < -0.39 is 0 Å². The van der Waals surface area contributed by atoms with Crippen molar-refractivity contribution in [3.05, 3.63) is 58.1 Å². The second-order valence-corrected chi connectivity index (χ2v) is 4.56. The molecule has 0 aliphatic heterocycles. The summed E-state index contributed by atoms with van der Waals surface area (Å²) in [7, 11) is 0. The molecule has 0 atom stereocenters. The predicted octanol–water partition coefficient (Wildman–Crippen LogP) is 3.77. The van der Waals surface area contributed by atoms with Gasteiger partial charge in [-0.25, -0.2) is 9.97 Å². The number of aryl methyl sites for hydroxylation is 1. The minimum atomic E-state index is 0.409. The molecule has 2 rings (SSSR count). The average molecular weight is 267 g/mol. The summed E-state index contributed by atoms with van der Waals surface area (Å²) < 4.78 is 0. The third-order valence-corrected chi connectivity index (χ3v) is 2.85. The van der Waals surface area contributed by atoms with Crippen LogP contribution in [0.4, 0.5) is 0 Å². The Hall–Kier alpha value is -1.12. The summed E-state index contributed by atoms with van der Waals surface area (Å²) in [6.07, 6.45) is 0.673. The van der Waals surface area contributed by atoms with E-state index in [4.69, 9.17) is 23.2 Å². The van der Waals surface area contributed by atoms with Gasteiger partial charge in [-0.1, -0.05) is 23.7 Å². The van der Waals surface area contributed by atoms with Crippen molar-refractivity contribution >= 4 is 23.2 Å². The molecule has 0 fully saturated rings. The molecule has 17 heavy (non-hydrogen) atoms. The molecule has 1 aromatic carbocycles. The SMILES string of the molecule is Cc1cc(CCl)nc(Cc2cccc(Cl)c2)n1. The van der Waals surface area contributed by atoms with E-state index in [9.17, 15) is 0 Å². The zero-order valence-electron chi connectivity index (χ0n) is 9.45. The van der Waals surface area contributed by atoms with E-state index in [0.717, 1.165) is 27.8 Å². The van der Waals surface area contributed by atoms with Gasteiger partial charge in [0.15, 0.2) is 0 Å². The van der Waals surface area contributed by atoms with Crippen molar-refractivity contribution in [3.8, 4) is 0 Å². The molecule has 1 heterocycles. The van der Waals surface area contributed by atoms with Gasteiger partial charge in [0, 0.05) is 17.1 Å². The van der Waals surface area contributed by atoms with Gasteiger partial charge in [-0.3, -0.25) is 0 Å². The molecule has 2 aromatic rings. The molecule has 88 valence electrons. The molecule has 0 aliphatic rings. The number of nitrogens with zero attached hydrogens (tertiary/aromatic N) is 2. The lowest BCUT2D eigenvalue weighted by atomic mass is 10.1. The van der Waals surface area contributed by atoms with Gasteiger partial charge in [-0.2, -0.15) is 0 Å². The van der Waals surface area contributed by atoms with Crippen LogP contribution in [0.1, 0.15) is 22.8 Å². The van der Waals surface area contributed by atoms with Crippen LogP contribution in [0.25, 0.3) is 0 Å². The molecular weight excluding hydrogens is 255 g/mol. The summed E-state index contributed by atoms with van der Waals surface area (Å²) in [5, 5.41) is 0.729. The topological polar surface area (TPSA) is 25.8 Å². The van der Waals surface area contributed by atoms with Gasteiger partial charge in [0.25, 0.3) is 0 Å². The summed E-state index contributed by atoms with van der Waals surface area (Å²) >= 11 is 11.7. The number of aromatic nitrogens is 2. The third-order valence-electron chi connectivity index (χ3n) is 2.34. The summed E-state index contributed by atoms with van der Waals surface area (Å²) in [4.78, 5) is 8.78. The molecule has 0 radical (unpaired) electrons. The Morgan fingerprint density at radius 2 is 2.00 bits per heavy atom. The highest BCUT2D eigenvalue weighted by atomic mass is 35.5. The van der Waals surface area contributed by atoms with Crippen LogP contribution in [-0.4, -0.2) is 9.97 Å². The van der Waals surface area contributed by atoms with Gasteiger partial charge in [0.05, 0.1) is 11.6 Å². The van der Waals surface area contributed by atoms with Crippen LogP contribution < -0.4 is 0 Å². The Balaban J connectivity index is 2.26. The van der Waals surface area contributed by atoms with Crippen molar-refractivity contribution in [3.63, 3.8) is 0 Å². The Labute approximate surface area is 111 Å². The number of alkyl halides is 1. The largest absolute Gasteiger partial charge is 0.238 e. The first kappa shape index (κ1) is 12.3. The minimum Gasteiger partial charge on any atom is -0.238 e. The van der Waals surface area contributed by atoms with Gasteiger partial charge in [0.1, 0.15) is 5.82 Å². The van der Waals surface area contributed by atoms with Gasteiger partial charge < -0.3 is 0 Å². The zero-order chi connectivity index (χ0) is 12.3. The van der Waals surface area contributed by atoms with Crippen LogP contribution in [-0.2, 0) is 12.3 Å². The van der Waals surface area contributed by atoms with Crippen LogP contribution in [0.2, 0.25) is 5.02 Å². The summed E-state index contributed by atoms with van der Waals surface area (Å²) in [6.45, 7) is 1.94. The van der Waals surface area contributed by atoms with E-state index in [-0.39, 0.29) is 0 Å². The highest BCUT2D eigenvalue weighted by Crippen LogP contribution is 2.14. The van der Waals surface area contributed by atoms with Crippen molar-refractivity contribution < 1.29 is 0 Å². The molecule has 0 saturated carbocycles. The van der Waals surface area contributed by atoms with E-state index in [0.29, 0.717) is 12.3 Å². The number of rotatable bonds is 3. The molecule has 0 aliphatic carbocycles. The zero-order valence-corrected chi connectivity index (χ0v) is 11.0. The third kappa shape index (κ3) is 3.42. The summed E-state index contributed by atoms with van der Waals surface area (Å²) in [5.41, 5.74) is 2.90. The number of hydrogen-bond donors (Lipinski definition) is 0. The maximum Gasteiger partial charge on any atom is 0.133 e. The first-order valence-corrected chi connectivity index (χ1v) is 6.22. The monoisotopic (exact) mass is 266 g/mol. The van der Waals surface area contributed by atoms with Crippen LogP contribution in [0.3, 0.4) is 0 Å². The molecular formula is C13H12Cl2N2. The lowest BCUT2D eigenvalue weighted by molar-refractivity contribution is 0.912. The van der Waals surface area contributed by atoms with Crippen molar-refractivity contribution in [1.82, 2.24) is 9.97 Å². The maximum atomic E-state index is 5.94. The smallest absolute Gasteiger partial charge is 0.133 e. The average Bonchev–Trinajstić information content (AvgIpc) is 2.28. The molecule has 2 nitrogen and oxygen atoms in total. The fourth-order valence-electron chi connectivity index (χ4n) is 1.68. The predicted molar refractivity (Wildman–Crippen MR) is 70.6 cm³/mol. The lowest BCUT2D eigenvalue weighted by Gasteiger charge is -2.04. The molecule has 0 spiro atoms. The fourth-order valence-corrected chi connectivity index (χ4v) is 2.03. The van der Waals surface area contributed by atoms with Gasteiger partial charge in [-0.05, 0) is 30.7 Å². The fraction of sp³-hybridized carbons (Fsp3) is 0.231. The lowest BCUT2D eigenvalue weighted by Crippen LogP contribution is -2.01. The van der Waals surface area contributed by atoms with Crippen molar-refractivity contribution in [1.29, 1.82) is 0 Å². The second kappa shape index (κ2) is 5.48. The molecule has 4 heteroatoms. The normalized spacial score (nSPS) is 10.5. The Morgan fingerprint density at radius 1 is 1.18 bits per heavy atom. The second-order valence-electron chi connectivity index (χ2n) is 3.86. The number of hydrogen-bond acceptors (Lipinski definition) is 2. The molecule has 0 amide bonds. The van der Waals surface area contributed by atoms with E-state index in [1.165, 1.54) is 0 Å². The van der Waals surface area contributed by atoms with Crippen LogP contribution in [0.15, 0.2) is 30.3 Å². The van der Waals surface area contributed by atoms with Crippen molar-refractivity contribution in [2.24, 2.45) is 0 Å². The quantitative estimate of drug-likeness (QED) is 0.791. The van der Waals surface area contributed by atoms with Crippen LogP contribution in [0.5, 0.6) is 0 Å². The van der Waals surface area contributed by atoms with E-state index >= 15 is 0 Å². The van der Waals surface area contributed by atoms with Gasteiger partial charge in [0.2, 0.25) is 0 Å². The minimum absolute atomic E-state index is 0.409. The summed E-state index contributed by atoms with van der Waals surface area (Å²) in [5.74, 6) is 1.19. The van der Waals surface area contributed by atoms with Crippen LogP contribution in [0, 0.1) is 6.92 Å². The van der Waals surface area contributed by atoms with E-state index in [1.54, 1.807) is 0 Å². The standard InChI is InChI=1S/C13H12Cl2N2/c1-9-5-12(8-14)17-13(16-9)7-10-3-2-4-11(15)6-10/h2-6H,7-8H2,1H3. The van der Waals surface area contributed by atoms with Crippen molar-refractivity contribution in [2.75, 3.05) is 0 Å². The Bertz CT molecular complexity index is 527. The van der Waals surface area contributed by atoms with Crippen LogP contribution >= 0.6 is 23.2 Å². The van der Waals surface area contributed by atoms with E-state index in [1.807, 2.05) is 37.3 Å². The molecule has 0 bridgehead atoms. The van der Waals surface area contributed by atoms with Gasteiger partial charge >= 0.3 is 0 Å². The maximum absolute atomic E-state index is 5.94. The van der Waals surface area contributed by atoms with E-state index in [2.05, 4.69) is 9.97 Å². The highest BCUT2D eigenvalue weighted by Gasteiger charge is 2.03. The Morgan fingerprint density at radius 3 is 2.71 bits per heavy atom.